The molecule has 0 aromatic rings. The molecule has 7 atom stereocenters. The number of carbonyl (C=O) groups excluding carboxylic acids is 8. The average molecular weight is 1240 g/mol. The van der Waals surface area contributed by atoms with Crippen molar-refractivity contribution in [2.75, 3.05) is 163 Å². The standard InChI is InChI=1S/C12H24N2O.C10H21N3O.2C10H18N2O3.2C10H20N2O2/c1-12(2,3)9-14-8-6-5-7-10(13-4)11(14)15;1-11-9-6-4-5-7-13(10(9)14)8-12(2)3;2*1-11-8-5-3-4-6-12(10(8)14)7-9(13)15-2;1-11-9-5-3-4-6-12(10(9)13)7-8-14-2;1-8(13)7-12-6-4-3-5-9(11-2)10(12)14/h10,13H,5-9H2,1-4H3;9,11H,4-8H2,1-3H3;2*8,11H,3-7H2,1-2H3;9,11H,3-8H2,1-2H3;8-9,11,13H,3-7H2,1-2H3. The van der Waals surface area contributed by atoms with Gasteiger partial charge in [0.25, 0.3) is 0 Å². The van der Waals surface area contributed by atoms with E-state index >= 15 is 0 Å². The fourth-order valence-corrected chi connectivity index (χ4v) is 11.1. The molecule has 0 aromatic carbocycles. The SMILES string of the molecule is CNC1CCCCN(CC(=O)OC)C1=O.CNC1CCCCN(CC(=O)OC)C1=O.CNC1CCCCN(CC(C)(C)C)C1=O.CNC1CCCCN(CC(C)O)C1=O.CNC1CCCCN(CCOC)C1=O.CNC1CCCCN(CN(C)C)C1=O. The topological polar surface area (TPSA) is 279 Å². The first-order valence-electron chi connectivity index (χ1n) is 32.1. The summed E-state index contributed by atoms with van der Waals surface area (Å²) in [6.07, 6.45) is 17.9. The molecule has 6 rings (SSSR count). The number of ether oxygens (including phenoxy) is 3. The average Bonchev–Trinajstić information content (AvgIpc) is 4.30. The summed E-state index contributed by atoms with van der Waals surface area (Å²) in [5.41, 5.74) is 0.193. The van der Waals surface area contributed by atoms with Crippen LogP contribution in [0.5, 0.6) is 0 Å². The number of hydrogen-bond acceptors (Lipinski definition) is 19. The molecule has 0 spiro atoms. The van der Waals surface area contributed by atoms with Crippen molar-refractivity contribution in [3.8, 4) is 0 Å². The predicted octanol–water partition coefficient (Wildman–Crippen LogP) is 1.46. The number of methoxy groups -OCH3 is 3. The normalized spacial score (nSPS) is 23.8. The molecule has 7 unspecified atom stereocenters. The van der Waals surface area contributed by atoms with Gasteiger partial charge in [-0.05, 0) is 184 Å². The molecule has 506 valence electrons. The largest absolute Gasteiger partial charge is 0.468 e. The third-order valence-electron chi connectivity index (χ3n) is 16.0. The van der Waals surface area contributed by atoms with Crippen LogP contribution in [0.2, 0.25) is 0 Å². The number of nitrogens with zero attached hydrogens (tertiary/aromatic N) is 7. The Labute approximate surface area is 523 Å². The van der Waals surface area contributed by atoms with Gasteiger partial charge in [0.05, 0.1) is 69.9 Å². The number of carbonyl (C=O) groups is 8. The molecule has 25 heteroatoms. The van der Waals surface area contributed by atoms with E-state index in [-0.39, 0.29) is 102 Å². The van der Waals surface area contributed by atoms with Crippen molar-refractivity contribution in [3.05, 3.63) is 0 Å². The lowest BCUT2D eigenvalue weighted by Crippen LogP contribution is -2.47. The molecule has 7 N–H and O–H groups in total. The smallest absolute Gasteiger partial charge is 0.325 e. The first kappa shape index (κ1) is 80.4. The minimum Gasteiger partial charge on any atom is -0.468 e. The summed E-state index contributed by atoms with van der Waals surface area (Å²) in [6.45, 7) is 16.5. The van der Waals surface area contributed by atoms with Crippen LogP contribution in [0.25, 0.3) is 0 Å². The lowest BCUT2D eigenvalue weighted by atomic mass is 9.96. The third-order valence-corrected chi connectivity index (χ3v) is 16.0. The Balaban J connectivity index is 0.000000522. The number of likely N-dealkylation sites (N-methyl/N-ethyl adjacent to an activating group) is 6. The van der Waals surface area contributed by atoms with Crippen molar-refractivity contribution < 1.29 is 57.7 Å². The highest BCUT2D eigenvalue weighted by atomic mass is 16.5. The number of amides is 6. The van der Waals surface area contributed by atoms with E-state index in [9.17, 15) is 43.5 Å². The van der Waals surface area contributed by atoms with Crippen LogP contribution in [-0.2, 0) is 52.6 Å². The molecule has 6 aliphatic rings. The number of likely N-dealkylation sites (tertiary alicyclic amines) is 6. The zero-order valence-corrected chi connectivity index (χ0v) is 56.5. The van der Waals surface area contributed by atoms with Gasteiger partial charge in [0.15, 0.2) is 0 Å². The minimum absolute atomic E-state index is 0.000370. The Kier molecular flexibility index (Phi) is 42.2. The maximum Gasteiger partial charge on any atom is 0.325 e. The molecule has 6 aliphatic heterocycles. The number of hydrogen-bond donors (Lipinski definition) is 7. The van der Waals surface area contributed by atoms with Crippen LogP contribution < -0.4 is 31.9 Å². The Hall–Kier alpha value is -4.60. The second-order valence-electron chi connectivity index (χ2n) is 24.8. The summed E-state index contributed by atoms with van der Waals surface area (Å²) in [7, 11) is 19.3. The number of rotatable bonds is 18. The number of β-amino-alcohol motifs (C(OH)–C–C–N with tert-alkyl or cyclic N) is 1. The molecule has 6 saturated heterocycles. The second kappa shape index (κ2) is 45.6. The number of aliphatic hydroxyl groups excluding tert-OH is 1. The van der Waals surface area contributed by atoms with Gasteiger partial charge in [0.2, 0.25) is 35.4 Å². The Morgan fingerprint density at radius 3 is 1.05 bits per heavy atom. The van der Waals surface area contributed by atoms with E-state index in [1.54, 1.807) is 42.8 Å². The molecule has 6 amide bonds. The van der Waals surface area contributed by atoms with Gasteiger partial charge in [-0.3, -0.25) is 43.3 Å². The molecule has 0 radical (unpaired) electrons. The van der Waals surface area contributed by atoms with E-state index in [1.165, 1.54) is 14.2 Å². The molecule has 25 nitrogen and oxygen atoms in total. The zero-order valence-electron chi connectivity index (χ0n) is 56.5. The number of nitrogens with one attached hydrogen (secondary N) is 6. The second-order valence-corrected chi connectivity index (χ2v) is 24.8. The van der Waals surface area contributed by atoms with Gasteiger partial charge in [0, 0.05) is 66.0 Å². The fourth-order valence-electron chi connectivity index (χ4n) is 11.1. The highest BCUT2D eigenvalue weighted by Gasteiger charge is 2.32. The lowest BCUT2D eigenvalue weighted by molar-refractivity contribution is -0.147. The fraction of sp³-hybridized carbons (Fsp3) is 0.871. The summed E-state index contributed by atoms with van der Waals surface area (Å²) >= 11 is 0. The first-order chi connectivity index (χ1) is 41.4. The lowest BCUT2D eigenvalue weighted by Gasteiger charge is -2.30. The summed E-state index contributed by atoms with van der Waals surface area (Å²) in [4.78, 5) is 107. The van der Waals surface area contributed by atoms with Gasteiger partial charge in [-0.25, -0.2) is 0 Å². The summed E-state index contributed by atoms with van der Waals surface area (Å²) in [5, 5.41) is 27.5. The summed E-state index contributed by atoms with van der Waals surface area (Å²) in [5.74, 6) is 0.164. The molecular weight excluding hydrogens is 1120 g/mol. The molecule has 6 fully saturated rings. The van der Waals surface area contributed by atoms with E-state index in [2.05, 4.69) is 62.1 Å². The minimum atomic E-state index is -0.436. The third kappa shape index (κ3) is 32.1. The number of esters is 2. The maximum atomic E-state index is 12.1. The van der Waals surface area contributed by atoms with E-state index in [0.717, 1.165) is 155 Å². The molecule has 0 saturated carbocycles. The van der Waals surface area contributed by atoms with Gasteiger partial charge < -0.3 is 80.6 Å². The zero-order chi connectivity index (χ0) is 65.5. The number of aliphatic hydroxyl groups is 1. The van der Waals surface area contributed by atoms with Crippen molar-refractivity contribution in [1.29, 1.82) is 0 Å². The molecule has 0 aromatic heterocycles. The van der Waals surface area contributed by atoms with Gasteiger partial charge in [-0.15, -0.1) is 0 Å². The molecule has 0 bridgehead atoms. The monoisotopic (exact) mass is 1240 g/mol. The van der Waals surface area contributed by atoms with Crippen molar-refractivity contribution in [2.45, 2.75) is 186 Å². The quantitative estimate of drug-likeness (QED) is 0.0957. The van der Waals surface area contributed by atoms with E-state index in [0.29, 0.717) is 32.8 Å². The molecule has 6 heterocycles. The first-order valence-corrected chi connectivity index (χ1v) is 32.1. The molecular formula is C62H121N13O12. The van der Waals surface area contributed by atoms with Gasteiger partial charge in [-0.2, -0.15) is 0 Å². The Bertz CT molecular complexity index is 1890. The van der Waals surface area contributed by atoms with Crippen LogP contribution in [0, 0.1) is 5.41 Å². The van der Waals surface area contributed by atoms with Crippen LogP contribution in [0.1, 0.15) is 143 Å². The van der Waals surface area contributed by atoms with Crippen molar-refractivity contribution in [3.63, 3.8) is 0 Å². The van der Waals surface area contributed by atoms with E-state index in [1.807, 2.05) is 61.9 Å². The highest BCUT2D eigenvalue weighted by Crippen LogP contribution is 2.21. The van der Waals surface area contributed by atoms with Crippen molar-refractivity contribution in [1.82, 2.24) is 66.2 Å². The summed E-state index contributed by atoms with van der Waals surface area (Å²) < 4.78 is 14.1. The summed E-state index contributed by atoms with van der Waals surface area (Å²) in [6, 6.07) is -0.299. The van der Waals surface area contributed by atoms with Crippen LogP contribution in [0.15, 0.2) is 0 Å². The van der Waals surface area contributed by atoms with Crippen LogP contribution >= 0.6 is 0 Å². The molecule has 0 aliphatic carbocycles. The van der Waals surface area contributed by atoms with Crippen LogP contribution in [0.3, 0.4) is 0 Å². The van der Waals surface area contributed by atoms with Crippen LogP contribution in [-0.4, -0.2) is 292 Å². The van der Waals surface area contributed by atoms with Gasteiger partial charge in [0.1, 0.15) is 13.1 Å². The van der Waals surface area contributed by atoms with Crippen molar-refractivity contribution >= 4 is 47.4 Å². The van der Waals surface area contributed by atoms with Crippen LogP contribution in [0.4, 0.5) is 0 Å². The maximum absolute atomic E-state index is 12.1. The highest BCUT2D eigenvalue weighted by molar-refractivity contribution is 5.87. The van der Waals surface area contributed by atoms with E-state index in [4.69, 9.17) is 4.74 Å². The Morgan fingerprint density at radius 1 is 0.471 bits per heavy atom. The predicted molar refractivity (Wildman–Crippen MR) is 340 cm³/mol. The van der Waals surface area contributed by atoms with Gasteiger partial charge in [-0.1, -0.05) is 20.8 Å². The van der Waals surface area contributed by atoms with Gasteiger partial charge >= 0.3 is 11.9 Å². The van der Waals surface area contributed by atoms with E-state index < -0.39 is 6.10 Å². The Morgan fingerprint density at radius 2 is 0.747 bits per heavy atom. The van der Waals surface area contributed by atoms with Crippen molar-refractivity contribution in [2.24, 2.45) is 5.41 Å². The molecule has 87 heavy (non-hydrogen) atoms.